The number of nitrogens with zero attached hydrogens (tertiary/aromatic N) is 1. The van der Waals surface area contributed by atoms with E-state index in [1.165, 1.54) is 38.5 Å². The molecule has 0 aromatic carbocycles. The van der Waals surface area contributed by atoms with Crippen LogP contribution in [0.15, 0.2) is 4.99 Å². The third-order valence-corrected chi connectivity index (χ3v) is 5.49. The van der Waals surface area contributed by atoms with Crippen LogP contribution in [0.25, 0.3) is 0 Å². The van der Waals surface area contributed by atoms with Crippen molar-refractivity contribution in [1.82, 2.24) is 16.0 Å². The van der Waals surface area contributed by atoms with E-state index in [-0.39, 0.29) is 36.4 Å². The number of carbonyl (C=O) groups excluding carboxylic acids is 1. The van der Waals surface area contributed by atoms with E-state index in [9.17, 15) is 4.79 Å². The van der Waals surface area contributed by atoms with Gasteiger partial charge in [-0.2, -0.15) is 0 Å². The standard InChI is InChI=1S/C18H34N4O2.HI/c1-19-17(21-14-18(9-6-10-18)11-12-24-2)20-13-16(23)22-15-7-4-3-5-8-15;/h15H,3-14H2,1-2H3,(H,22,23)(H2,19,20,21);1H. The topological polar surface area (TPSA) is 74.8 Å². The first-order valence-corrected chi connectivity index (χ1v) is 9.40. The fraction of sp³-hybridized carbons (Fsp3) is 0.889. The molecule has 25 heavy (non-hydrogen) atoms. The summed E-state index contributed by atoms with van der Waals surface area (Å²) in [5, 5.41) is 9.63. The summed E-state index contributed by atoms with van der Waals surface area (Å²) >= 11 is 0. The molecule has 2 aliphatic carbocycles. The van der Waals surface area contributed by atoms with Gasteiger partial charge in [-0.3, -0.25) is 9.79 Å². The van der Waals surface area contributed by atoms with E-state index in [4.69, 9.17) is 4.74 Å². The molecule has 0 aliphatic heterocycles. The highest BCUT2D eigenvalue weighted by atomic mass is 127. The van der Waals surface area contributed by atoms with E-state index >= 15 is 0 Å². The molecule has 146 valence electrons. The number of guanidine groups is 1. The second-order valence-electron chi connectivity index (χ2n) is 7.28. The van der Waals surface area contributed by atoms with Crippen LogP contribution in [-0.4, -0.2) is 51.8 Å². The maximum atomic E-state index is 12.1. The monoisotopic (exact) mass is 466 g/mol. The van der Waals surface area contributed by atoms with Crippen molar-refractivity contribution >= 4 is 35.8 Å². The first-order valence-electron chi connectivity index (χ1n) is 9.40. The molecule has 0 atom stereocenters. The number of hydrogen-bond donors (Lipinski definition) is 3. The fourth-order valence-electron chi connectivity index (χ4n) is 3.69. The first kappa shape index (κ1) is 22.5. The van der Waals surface area contributed by atoms with Crippen molar-refractivity contribution in [2.24, 2.45) is 10.4 Å². The van der Waals surface area contributed by atoms with Gasteiger partial charge in [0.2, 0.25) is 5.91 Å². The van der Waals surface area contributed by atoms with E-state index in [1.807, 2.05) is 0 Å². The van der Waals surface area contributed by atoms with Gasteiger partial charge in [-0.25, -0.2) is 0 Å². The van der Waals surface area contributed by atoms with Gasteiger partial charge in [0.15, 0.2) is 5.96 Å². The summed E-state index contributed by atoms with van der Waals surface area (Å²) in [7, 11) is 3.50. The highest BCUT2D eigenvalue weighted by Gasteiger charge is 2.36. The quantitative estimate of drug-likeness (QED) is 0.292. The van der Waals surface area contributed by atoms with Gasteiger partial charge >= 0.3 is 0 Å². The largest absolute Gasteiger partial charge is 0.385 e. The van der Waals surface area contributed by atoms with E-state index in [1.54, 1.807) is 14.2 Å². The number of nitrogens with one attached hydrogen (secondary N) is 3. The van der Waals surface area contributed by atoms with Crippen molar-refractivity contribution in [3.05, 3.63) is 0 Å². The summed E-state index contributed by atoms with van der Waals surface area (Å²) in [4.78, 5) is 16.3. The van der Waals surface area contributed by atoms with Gasteiger partial charge in [0.1, 0.15) is 0 Å². The van der Waals surface area contributed by atoms with Crippen LogP contribution < -0.4 is 16.0 Å². The summed E-state index contributed by atoms with van der Waals surface area (Å²) in [6.07, 6.45) is 10.8. The molecule has 0 heterocycles. The second kappa shape index (κ2) is 11.9. The predicted octanol–water partition coefficient (Wildman–Crippen LogP) is 2.43. The fourth-order valence-corrected chi connectivity index (χ4v) is 3.69. The van der Waals surface area contributed by atoms with Gasteiger partial charge in [0.25, 0.3) is 0 Å². The molecule has 2 rings (SSSR count). The number of amides is 1. The third-order valence-electron chi connectivity index (χ3n) is 5.49. The van der Waals surface area contributed by atoms with E-state index in [0.29, 0.717) is 17.4 Å². The van der Waals surface area contributed by atoms with Crippen molar-refractivity contribution in [2.45, 2.75) is 63.8 Å². The van der Waals surface area contributed by atoms with Gasteiger partial charge in [-0.1, -0.05) is 25.7 Å². The lowest BCUT2D eigenvalue weighted by Gasteiger charge is -2.42. The third kappa shape index (κ3) is 7.68. The van der Waals surface area contributed by atoms with Crippen LogP contribution in [0.3, 0.4) is 0 Å². The SMILES string of the molecule is CN=C(NCC(=O)NC1CCCCC1)NCC1(CCOC)CCC1.I. The Kier molecular flexibility index (Phi) is 10.7. The number of halogens is 1. The molecule has 1 amide bonds. The summed E-state index contributed by atoms with van der Waals surface area (Å²) in [5.41, 5.74) is 0.331. The molecule has 2 saturated carbocycles. The Labute approximate surface area is 169 Å². The summed E-state index contributed by atoms with van der Waals surface area (Å²) in [6.45, 7) is 1.97. The maximum Gasteiger partial charge on any atom is 0.239 e. The van der Waals surface area contributed by atoms with Gasteiger partial charge in [0, 0.05) is 33.4 Å². The molecule has 0 spiro atoms. The molecule has 0 aromatic rings. The molecule has 2 fully saturated rings. The van der Waals surface area contributed by atoms with E-state index < -0.39 is 0 Å². The molecule has 0 radical (unpaired) electrons. The Morgan fingerprint density at radius 3 is 2.44 bits per heavy atom. The Morgan fingerprint density at radius 2 is 1.88 bits per heavy atom. The summed E-state index contributed by atoms with van der Waals surface area (Å²) < 4.78 is 5.23. The Bertz CT molecular complexity index is 421. The molecule has 6 nitrogen and oxygen atoms in total. The molecule has 2 aliphatic rings. The lowest BCUT2D eigenvalue weighted by atomic mass is 9.67. The molecule has 0 unspecified atom stereocenters. The average Bonchev–Trinajstić information content (AvgIpc) is 2.57. The van der Waals surface area contributed by atoms with Crippen molar-refractivity contribution in [3.8, 4) is 0 Å². The van der Waals surface area contributed by atoms with Gasteiger partial charge in [-0.15, -0.1) is 24.0 Å². The smallest absolute Gasteiger partial charge is 0.239 e. The normalized spacial score (nSPS) is 20.2. The highest BCUT2D eigenvalue weighted by Crippen LogP contribution is 2.43. The second-order valence-corrected chi connectivity index (χ2v) is 7.28. The molecule has 0 bridgehead atoms. The summed E-state index contributed by atoms with van der Waals surface area (Å²) in [6, 6.07) is 0.357. The molecule has 0 aromatic heterocycles. The van der Waals surface area contributed by atoms with Crippen LogP contribution in [-0.2, 0) is 9.53 Å². The maximum absolute atomic E-state index is 12.1. The highest BCUT2D eigenvalue weighted by molar-refractivity contribution is 14.0. The van der Waals surface area contributed by atoms with Crippen LogP contribution in [0.1, 0.15) is 57.8 Å². The Hall–Kier alpha value is -0.570. The number of aliphatic imine (C=N–C) groups is 1. The summed E-state index contributed by atoms with van der Waals surface area (Å²) in [5.74, 6) is 0.764. The first-order chi connectivity index (χ1) is 11.7. The Morgan fingerprint density at radius 1 is 1.16 bits per heavy atom. The van der Waals surface area contributed by atoms with Crippen LogP contribution >= 0.6 is 24.0 Å². The van der Waals surface area contributed by atoms with Gasteiger partial charge in [-0.05, 0) is 37.5 Å². The van der Waals surface area contributed by atoms with Gasteiger partial charge < -0.3 is 20.7 Å². The van der Waals surface area contributed by atoms with E-state index in [0.717, 1.165) is 32.4 Å². The molecule has 3 N–H and O–H groups in total. The van der Waals surface area contributed by atoms with Crippen LogP contribution in [0.4, 0.5) is 0 Å². The zero-order valence-electron chi connectivity index (χ0n) is 15.7. The number of hydrogen-bond acceptors (Lipinski definition) is 3. The van der Waals surface area contributed by atoms with Crippen LogP contribution in [0.2, 0.25) is 0 Å². The predicted molar refractivity (Wildman–Crippen MR) is 113 cm³/mol. The zero-order valence-corrected chi connectivity index (χ0v) is 18.1. The van der Waals surface area contributed by atoms with Crippen molar-refractivity contribution in [2.75, 3.05) is 33.9 Å². The molecular formula is C18H35IN4O2. The zero-order chi connectivity index (χ0) is 17.3. The average molecular weight is 466 g/mol. The minimum atomic E-state index is 0. The van der Waals surface area contributed by atoms with Crippen LogP contribution in [0, 0.1) is 5.41 Å². The van der Waals surface area contributed by atoms with E-state index in [2.05, 4.69) is 20.9 Å². The number of ether oxygens (including phenoxy) is 1. The minimum Gasteiger partial charge on any atom is -0.385 e. The molecule has 7 heteroatoms. The number of methoxy groups -OCH3 is 1. The van der Waals surface area contributed by atoms with Gasteiger partial charge in [0.05, 0.1) is 6.54 Å². The number of rotatable bonds is 8. The molecule has 0 saturated heterocycles. The Balaban J connectivity index is 0.00000312. The minimum absolute atomic E-state index is 0. The van der Waals surface area contributed by atoms with Crippen molar-refractivity contribution in [3.63, 3.8) is 0 Å². The van der Waals surface area contributed by atoms with Crippen molar-refractivity contribution in [1.29, 1.82) is 0 Å². The van der Waals surface area contributed by atoms with Crippen molar-refractivity contribution < 1.29 is 9.53 Å². The lowest BCUT2D eigenvalue weighted by Crippen LogP contribution is -2.49. The lowest BCUT2D eigenvalue weighted by molar-refractivity contribution is -0.120. The molecular weight excluding hydrogens is 431 g/mol. The number of carbonyl (C=O) groups is 1. The van der Waals surface area contributed by atoms with Crippen LogP contribution in [0.5, 0.6) is 0 Å².